The van der Waals surface area contributed by atoms with Gasteiger partial charge in [0.25, 0.3) is 0 Å². The van der Waals surface area contributed by atoms with E-state index >= 15 is 0 Å². The van der Waals surface area contributed by atoms with Gasteiger partial charge in [-0.25, -0.2) is 4.79 Å². The summed E-state index contributed by atoms with van der Waals surface area (Å²) < 4.78 is 16.9. The highest BCUT2D eigenvalue weighted by molar-refractivity contribution is 7.10. The molecule has 0 radical (unpaired) electrons. The van der Waals surface area contributed by atoms with Gasteiger partial charge in [-0.3, -0.25) is 9.59 Å². The third kappa shape index (κ3) is 5.27. The second-order valence-electron chi connectivity index (χ2n) is 9.20. The van der Waals surface area contributed by atoms with Gasteiger partial charge in [0.1, 0.15) is 11.7 Å². The summed E-state index contributed by atoms with van der Waals surface area (Å²) in [4.78, 5) is 42.1. The fourth-order valence-corrected chi connectivity index (χ4v) is 6.30. The first-order valence-electron chi connectivity index (χ1n) is 13.3. The van der Waals surface area contributed by atoms with Gasteiger partial charge in [0.15, 0.2) is 5.78 Å². The molecular weight excluding hydrogens is 502 g/mol. The molecule has 1 aliphatic carbocycles. The van der Waals surface area contributed by atoms with Crippen molar-refractivity contribution >= 4 is 29.1 Å². The molecule has 0 fully saturated rings. The lowest BCUT2D eigenvalue weighted by Crippen LogP contribution is -2.43. The summed E-state index contributed by atoms with van der Waals surface area (Å²) in [5.74, 6) is -2.86. The number of ketones is 1. The van der Waals surface area contributed by atoms with Crippen LogP contribution in [0.3, 0.4) is 0 Å². The lowest BCUT2D eigenvalue weighted by molar-refractivity contribution is -0.152. The molecule has 7 nitrogen and oxygen atoms in total. The van der Waals surface area contributed by atoms with E-state index in [1.807, 2.05) is 55.6 Å². The number of ether oxygens (including phenoxy) is 3. The molecule has 0 amide bonds. The van der Waals surface area contributed by atoms with Crippen LogP contribution < -0.4 is 10.1 Å². The van der Waals surface area contributed by atoms with Crippen molar-refractivity contribution in [2.45, 2.75) is 58.8 Å². The number of hydrogen-bond acceptors (Lipinski definition) is 8. The molecule has 38 heavy (non-hydrogen) atoms. The lowest BCUT2D eigenvalue weighted by atomic mass is 9.68. The first-order chi connectivity index (χ1) is 18.5. The minimum atomic E-state index is -1.01. The number of nitrogens with one attached hydrogen (secondary N) is 1. The highest BCUT2D eigenvalue weighted by Crippen LogP contribution is 2.50. The Balaban J connectivity index is 1.96. The van der Waals surface area contributed by atoms with Crippen LogP contribution in [0, 0.1) is 5.92 Å². The Bertz CT molecular complexity index is 1250. The topological polar surface area (TPSA) is 90.9 Å². The highest BCUT2D eigenvalue weighted by atomic mass is 32.1. The third-order valence-corrected chi connectivity index (χ3v) is 7.88. The monoisotopic (exact) mass is 537 g/mol. The van der Waals surface area contributed by atoms with E-state index in [9.17, 15) is 14.4 Å². The van der Waals surface area contributed by atoms with Crippen LogP contribution in [0.25, 0.3) is 0 Å². The van der Waals surface area contributed by atoms with Crippen molar-refractivity contribution in [1.29, 1.82) is 0 Å². The molecule has 0 unspecified atom stereocenters. The van der Waals surface area contributed by atoms with Crippen molar-refractivity contribution in [3.63, 3.8) is 0 Å². The molecule has 1 aliphatic heterocycles. The molecule has 8 heteroatoms. The minimum Gasteiger partial charge on any atom is -0.494 e. The molecule has 0 spiro atoms. The van der Waals surface area contributed by atoms with Crippen molar-refractivity contribution in [2.75, 3.05) is 19.8 Å². The fourth-order valence-electron chi connectivity index (χ4n) is 5.43. The lowest BCUT2D eigenvalue weighted by Gasteiger charge is -2.40. The maximum Gasteiger partial charge on any atom is 0.336 e. The normalized spacial score (nSPS) is 21.1. The zero-order valence-corrected chi connectivity index (χ0v) is 23.2. The summed E-state index contributed by atoms with van der Waals surface area (Å²) in [5.41, 5.74) is 2.98. The van der Waals surface area contributed by atoms with Gasteiger partial charge in [0.05, 0.1) is 31.3 Å². The molecule has 1 N–H and O–H groups in total. The van der Waals surface area contributed by atoms with Crippen molar-refractivity contribution in [2.24, 2.45) is 5.92 Å². The number of benzene rings is 1. The number of Topliss-reactive ketones (excluding diaryl/α,β-unsaturated/α-hetero) is 1. The van der Waals surface area contributed by atoms with Crippen LogP contribution >= 0.6 is 11.3 Å². The summed E-state index contributed by atoms with van der Waals surface area (Å²) in [6.07, 6.45) is 1.85. The second kappa shape index (κ2) is 12.4. The summed E-state index contributed by atoms with van der Waals surface area (Å²) >= 11 is 1.52. The van der Waals surface area contributed by atoms with Crippen molar-refractivity contribution in [3.05, 3.63) is 74.8 Å². The van der Waals surface area contributed by atoms with Crippen LogP contribution in [0.1, 0.15) is 69.2 Å². The van der Waals surface area contributed by atoms with E-state index in [0.29, 0.717) is 41.9 Å². The van der Waals surface area contributed by atoms with Crippen LogP contribution in [0.5, 0.6) is 5.75 Å². The zero-order valence-electron chi connectivity index (χ0n) is 22.4. The van der Waals surface area contributed by atoms with Gasteiger partial charge in [-0.1, -0.05) is 37.6 Å². The van der Waals surface area contributed by atoms with Gasteiger partial charge >= 0.3 is 11.9 Å². The zero-order chi connectivity index (χ0) is 27.2. The first-order valence-corrected chi connectivity index (χ1v) is 14.2. The molecule has 4 rings (SSSR count). The standard InChI is InChI=1S/C30H35NO6S/c1-5-12-20-27(30(34)37-8-4)24(18-13-9-10-14-22(18)35-6-2)26-21(31-20)17-19(23-15-11-16-38-23)25(28(26)32)29(33)36-7-3/h9-11,13-16,19,24-25,31H,5-8,12,17H2,1-4H3/t19-,24-,25-/m0/s1. The summed E-state index contributed by atoms with van der Waals surface area (Å²) in [6.45, 7) is 8.23. The van der Waals surface area contributed by atoms with Gasteiger partial charge in [-0.15, -0.1) is 11.3 Å². The van der Waals surface area contributed by atoms with E-state index < -0.39 is 23.8 Å². The van der Waals surface area contributed by atoms with Crippen LogP contribution in [0.15, 0.2) is 64.3 Å². The van der Waals surface area contributed by atoms with Crippen LogP contribution in [0.4, 0.5) is 0 Å². The number of dihydropyridines is 1. The molecule has 2 aliphatic rings. The Labute approximate surface area is 227 Å². The molecule has 1 aromatic heterocycles. The number of thiophene rings is 1. The molecule has 1 aromatic carbocycles. The number of allylic oxidation sites excluding steroid dienone is 3. The molecule has 202 valence electrons. The summed E-state index contributed by atoms with van der Waals surface area (Å²) in [5, 5.41) is 5.41. The van der Waals surface area contributed by atoms with Crippen molar-refractivity contribution < 1.29 is 28.6 Å². The minimum absolute atomic E-state index is 0.176. The Hall–Kier alpha value is -3.39. The smallest absolute Gasteiger partial charge is 0.336 e. The molecule has 2 heterocycles. The number of para-hydroxylation sites is 1. The van der Waals surface area contributed by atoms with Crippen molar-refractivity contribution in [3.8, 4) is 5.75 Å². The van der Waals surface area contributed by atoms with Gasteiger partial charge in [0, 0.05) is 33.3 Å². The number of rotatable bonds is 10. The maximum atomic E-state index is 14.4. The van der Waals surface area contributed by atoms with Gasteiger partial charge < -0.3 is 19.5 Å². The van der Waals surface area contributed by atoms with Crippen LogP contribution in [-0.4, -0.2) is 37.5 Å². The molecule has 2 aromatic rings. The van der Waals surface area contributed by atoms with E-state index in [4.69, 9.17) is 14.2 Å². The predicted molar refractivity (Wildman–Crippen MR) is 146 cm³/mol. The quantitative estimate of drug-likeness (QED) is 0.310. The molecular formula is C30H35NO6S. The number of carbonyl (C=O) groups is 3. The average Bonchev–Trinajstić information content (AvgIpc) is 3.44. The van der Waals surface area contributed by atoms with E-state index in [0.717, 1.165) is 22.7 Å². The SMILES string of the molecule is CCCC1=C(C(=O)OCC)[C@@H](c2ccccc2OCC)C2=C(C[C@@H](c3cccs3)[C@H](C(=O)OCC)C2=O)N1. The molecule has 0 bridgehead atoms. The molecule has 0 saturated carbocycles. The summed E-state index contributed by atoms with van der Waals surface area (Å²) in [7, 11) is 0. The Morgan fingerprint density at radius 2 is 1.76 bits per heavy atom. The number of carbonyl (C=O) groups excluding carboxylic acids is 3. The van der Waals surface area contributed by atoms with Crippen LogP contribution in [0.2, 0.25) is 0 Å². The van der Waals surface area contributed by atoms with Gasteiger partial charge in [-0.2, -0.15) is 0 Å². The number of hydrogen-bond donors (Lipinski definition) is 1. The molecule has 3 atom stereocenters. The third-order valence-electron chi connectivity index (χ3n) is 6.88. The number of esters is 2. The highest BCUT2D eigenvalue weighted by Gasteiger charge is 2.50. The Morgan fingerprint density at radius 3 is 2.42 bits per heavy atom. The van der Waals surface area contributed by atoms with Crippen molar-refractivity contribution in [1.82, 2.24) is 5.32 Å². The Morgan fingerprint density at radius 1 is 1.00 bits per heavy atom. The second-order valence-corrected chi connectivity index (χ2v) is 10.2. The van der Waals surface area contributed by atoms with Gasteiger partial charge in [-0.05, 0) is 51.1 Å². The predicted octanol–water partition coefficient (Wildman–Crippen LogP) is 5.64. The Kier molecular flexibility index (Phi) is 9.05. The maximum absolute atomic E-state index is 14.4. The van der Waals surface area contributed by atoms with E-state index in [-0.39, 0.29) is 24.9 Å². The van der Waals surface area contributed by atoms with Gasteiger partial charge in [0.2, 0.25) is 0 Å². The fraction of sp³-hybridized carbons (Fsp3) is 0.433. The summed E-state index contributed by atoms with van der Waals surface area (Å²) in [6, 6.07) is 11.3. The van der Waals surface area contributed by atoms with E-state index in [1.165, 1.54) is 11.3 Å². The van der Waals surface area contributed by atoms with Crippen LogP contribution in [-0.2, 0) is 23.9 Å². The van der Waals surface area contributed by atoms with E-state index in [1.54, 1.807) is 13.8 Å². The average molecular weight is 538 g/mol. The molecule has 0 saturated heterocycles. The largest absolute Gasteiger partial charge is 0.494 e. The first kappa shape index (κ1) is 27.6. The van der Waals surface area contributed by atoms with E-state index in [2.05, 4.69) is 5.32 Å².